The summed E-state index contributed by atoms with van der Waals surface area (Å²) in [6.45, 7) is 0.678. The summed E-state index contributed by atoms with van der Waals surface area (Å²) in [6.07, 6.45) is -0.449. The van der Waals surface area contributed by atoms with Gasteiger partial charge in [0.1, 0.15) is 12.7 Å². The molecule has 170 valence electrons. The third-order valence-corrected chi connectivity index (χ3v) is 7.89. The predicted molar refractivity (Wildman–Crippen MR) is 128 cm³/mol. The van der Waals surface area contributed by atoms with Crippen LogP contribution < -0.4 is 19.1 Å². The molecule has 0 amide bonds. The van der Waals surface area contributed by atoms with Crippen LogP contribution in [-0.4, -0.2) is 32.2 Å². The third-order valence-electron chi connectivity index (χ3n) is 5.27. The minimum absolute atomic E-state index is 0.0581. The minimum atomic E-state index is -3.80. The molecule has 1 aromatic heterocycles. The molecule has 1 aliphatic rings. The van der Waals surface area contributed by atoms with E-state index in [2.05, 4.69) is 4.72 Å². The highest BCUT2D eigenvalue weighted by Gasteiger charge is 2.24. The number of rotatable bonds is 6. The van der Waals surface area contributed by atoms with E-state index in [1.165, 1.54) is 12.1 Å². The Morgan fingerprint density at radius 3 is 2.61 bits per heavy atom. The Morgan fingerprint density at radius 1 is 1.06 bits per heavy atom. The lowest BCUT2D eigenvalue weighted by Crippen LogP contribution is -2.40. The third kappa shape index (κ3) is 4.63. The molecule has 2 heterocycles. The number of hydrogen-bond donors (Lipinski definition) is 1. The number of hydrogen-bond acceptors (Lipinski definition) is 6. The molecule has 0 bridgehead atoms. The SMILES string of the molecule is O=c1sc2cc(S(=O)(=O)NC[C@H]3COc4ccccc4O3)ccc2n1Cc1ccc(Cl)cc1. The standard InChI is InChI=1S/C23H19ClN2O5S2/c24-16-7-5-15(6-8-16)13-26-19-10-9-18(11-22(19)32-23(26)27)33(28,29)25-12-17-14-30-20-3-1-2-4-21(20)31-17/h1-11,17,25H,12-14H2/t17-/m0/s1. The van der Waals surface area contributed by atoms with Crippen molar-refractivity contribution < 1.29 is 17.9 Å². The van der Waals surface area contributed by atoms with Gasteiger partial charge in [-0.15, -0.1) is 0 Å². The summed E-state index contributed by atoms with van der Waals surface area (Å²) in [6, 6.07) is 19.2. The number of nitrogens with one attached hydrogen (secondary N) is 1. The van der Waals surface area contributed by atoms with Crippen molar-refractivity contribution in [3.8, 4) is 11.5 Å². The largest absolute Gasteiger partial charge is 0.486 e. The van der Waals surface area contributed by atoms with Gasteiger partial charge in [0, 0.05) is 5.02 Å². The van der Waals surface area contributed by atoms with Gasteiger partial charge < -0.3 is 9.47 Å². The lowest BCUT2D eigenvalue weighted by Gasteiger charge is -2.26. The molecule has 3 aromatic carbocycles. The topological polar surface area (TPSA) is 86.6 Å². The summed E-state index contributed by atoms with van der Waals surface area (Å²) in [5, 5.41) is 0.623. The summed E-state index contributed by atoms with van der Waals surface area (Å²) >= 11 is 6.95. The zero-order chi connectivity index (χ0) is 23.0. The number of nitrogens with zero attached hydrogens (tertiary/aromatic N) is 1. The molecule has 1 aliphatic heterocycles. The highest BCUT2D eigenvalue weighted by Crippen LogP contribution is 2.31. The molecule has 1 N–H and O–H groups in total. The van der Waals surface area contributed by atoms with Gasteiger partial charge >= 0.3 is 4.87 Å². The fourth-order valence-corrected chi connectivity index (χ4v) is 5.81. The summed E-state index contributed by atoms with van der Waals surface area (Å²) in [7, 11) is -3.80. The van der Waals surface area contributed by atoms with E-state index in [9.17, 15) is 13.2 Å². The lowest BCUT2D eigenvalue weighted by atomic mass is 10.2. The second-order valence-corrected chi connectivity index (χ2v) is 10.8. The predicted octanol–water partition coefficient (Wildman–Crippen LogP) is 3.88. The molecule has 10 heteroatoms. The van der Waals surface area contributed by atoms with Gasteiger partial charge in [-0.3, -0.25) is 9.36 Å². The zero-order valence-corrected chi connectivity index (χ0v) is 19.6. The Labute approximate surface area is 199 Å². The first kappa shape index (κ1) is 22.0. The summed E-state index contributed by atoms with van der Waals surface area (Å²) < 4.78 is 42.0. The van der Waals surface area contributed by atoms with Crippen LogP contribution in [0.15, 0.2) is 76.4 Å². The van der Waals surface area contributed by atoms with E-state index in [1.807, 2.05) is 24.3 Å². The highest BCUT2D eigenvalue weighted by molar-refractivity contribution is 7.89. The Bertz CT molecular complexity index is 1480. The van der Waals surface area contributed by atoms with Gasteiger partial charge in [0.2, 0.25) is 10.0 Å². The Morgan fingerprint density at radius 2 is 1.82 bits per heavy atom. The number of thiazole rings is 1. The van der Waals surface area contributed by atoms with Crippen molar-refractivity contribution in [1.82, 2.24) is 9.29 Å². The van der Waals surface area contributed by atoms with E-state index < -0.39 is 16.1 Å². The Hall–Kier alpha value is -2.85. The van der Waals surface area contributed by atoms with Gasteiger partial charge in [0.15, 0.2) is 11.5 Å². The van der Waals surface area contributed by atoms with Crippen LogP contribution in [0.2, 0.25) is 5.02 Å². The smallest absolute Gasteiger partial charge is 0.308 e. The second-order valence-electron chi connectivity index (χ2n) is 7.56. The molecule has 0 radical (unpaired) electrons. The average molecular weight is 503 g/mol. The van der Waals surface area contributed by atoms with Crippen LogP contribution in [0, 0.1) is 0 Å². The Kier molecular flexibility index (Phi) is 5.88. The molecule has 1 atom stereocenters. The van der Waals surface area contributed by atoms with Crippen LogP contribution >= 0.6 is 22.9 Å². The minimum Gasteiger partial charge on any atom is -0.486 e. The maximum atomic E-state index is 12.9. The van der Waals surface area contributed by atoms with E-state index in [1.54, 1.807) is 34.9 Å². The molecule has 5 rings (SSSR count). The number of ether oxygens (including phenoxy) is 2. The molecule has 0 fully saturated rings. The number of para-hydroxylation sites is 2. The van der Waals surface area contributed by atoms with E-state index in [-0.39, 0.29) is 22.9 Å². The lowest BCUT2D eigenvalue weighted by molar-refractivity contribution is 0.0943. The normalized spacial score (nSPS) is 15.6. The van der Waals surface area contributed by atoms with Crippen molar-refractivity contribution in [2.24, 2.45) is 0 Å². The van der Waals surface area contributed by atoms with Crippen molar-refractivity contribution in [3.63, 3.8) is 0 Å². The summed E-state index contributed by atoms with van der Waals surface area (Å²) in [5.41, 5.74) is 1.61. The van der Waals surface area contributed by atoms with Crippen LogP contribution in [0.3, 0.4) is 0 Å². The molecule has 0 saturated carbocycles. The van der Waals surface area contributed by atoms with Crippen molar-refractivity contribution in [2.75, 3.05) is 13.2 Å². The van der Waals surface area contributed by atoms with E-state index in [0.29, 0.717) is 33.3 Å². The van der Waals surface area contributed by atoms with Gasteiger partial charge in [-0.2, -0.15) is 0 Å². The van der Waals surface area contributed by atoms with Crippen molar-refractivity contribution in [1.29, 1.82) is 0 Å². The van der Waals surface area contributed by atoms with Gasteiger partial charge in [-0.05, 0) is 48.0 Å². The highest BCUT2D eigenvalue weighted by atomic mass is 35.5. The summed E-state index contributed by atoms with van der Waals surface area (Å²) in [4.78, 5) is 12.5. The molecular weight excluding hydrogens is 484 g/mol. The van der Waals surface area contributed by atoms with E-state index in [0.717, 1.165) is 16.9 Å². The Balaban J connectivity index is 1.33. The maximum Gasteiger partial charge on any atom is 0.308 e. The van der Waals surface area contributed by atoms with Crippen molar-refractivity contribution >= 4 is 43.2 Å². The quantitative estimate of drug-likeness (QED) is 0.432. The monoisotopic (exact) mass is 502 g/mol. The van der Waals surface area contributed by atoms with Crippen LogP contribution in [0.4, 0.5) is 0 Å². The van der Waals surface area contributed by atoms with Gasteiger partial charge in [0.25, 0.3) is 0 Å². The van der Waals surface area contributed by atoms with Gasteiger partial charge in [-0.1, -0.05) is 47.2 Å². The average Bonchev–Trinajstić information content (AvgIpc) is 3.13. The molecule has 0 saturated heterocycles. The number of benzene rings is 3. The zero-order valence-electron chi connectivity index (χ0n) is 17.2. The van der Waals surface area contributed by atoms with E-state index >= 15 is 0 Å². The number of halogens is 1. The molecule has 33 heavy (non-hydrogen) atoms. The fourth-order valence-electron chi connectivity index (χ4n) is 3.59. The van der Waals surface area contributed by atoms with Crippen molar-refractivity contribution in [3.05, 3.63) is 87.0 Å². The molecule has 4 aromatic rings. The van der Waals surface area contributed by atoms with Crippen LogP contribution in [-0.2, 0) is 16.6 Å². The van der Waals surface area contributed by atoms with Crippen molar-refractivity contribution in [2.45, 2.75) is 17.5 Å². The van der Waals surface area contributed by atoms with Crippen LogP contribution in [0.1, 0.15) is 5.56 Å². The van der Waals surface area contributed by atoms with Crippen LogP contribution in [0.25, 0.3) is 10.2 Å². The number of fused-ring (bicyclic) bond motifs is 2. The van der Waals surface area contributed by atoms with Gasteiger partial charge in [0.05, 0.1) is 28.2 Å². The maximum absolute atomic E-state index is 12.9. The molecule has 0 aliphatic carbocycles. The molecule has 0 unspecified atom stereocenters. The van der Waals surface area contributed by atoms with Gasteiger partial charge in [-0.25, -0.2) is 13.1 Å². The summed E-state index contributed by atoms with van der Waals surface area (Å²) in [5.74, 6) is 1.22. The first-order valence-electron chi connectivity index (χ1n) is 10.1. The second kappa shape index (κ2) is 8.83. The van der Waals surface area contributed by atoms with Crippen LogP contribution in [0.5, 0.6) is 11.5 Å². The first-order chi connectivity index (χ1) is 15.9. The first-order valence-corrected chi connectivity index (χ1v) is 12.8. The molecule has 0 spiro atoms. The molecule has 7 nitrogen and oxygen atoms in total. The fraction of sp³-hybridized carbons (Fsp3) is 0.174. The number of aromatic nitrogens is 1. The number of sulfonamides is 1. The molecular formula is C23H19ClN2O5S2. The van der Waals surface area contributed by atoms with E-state index in [4.69, 9.17) is 21.1 Å².